The molecule has 2 heterocycles. The highest BCUT2D eigenvalue weighted by Crippen LogP contribution is 2.41. The van der Waals surface area contributed by atoms with Gasteiger partial charge in [0.05, 0.1) is 33.0 Å². The molecule has 0 aliphatic heterocycles. The molecule has 0 saturated heterocycles. The number of halogens is 8. The van der Waals surface area contributed by atoms with E-state index in [0.29, 0.717) is 77.1 Å². The Kier molecular flexibility index (Phi) is 15.2. The molecule has 0 saturated carbocycles. The fourth-order valence-electron chi connectivity index (χ4n) is 10.0. The summed E-state index contributed by atoms with van der Waals surface area (Å²) in [5.41, 5.74) is -9.37. The second-order valence-corrected chi connectivity index (χ2v) is 23.5. The molecular formula is C74H84F8N8O4S2. The lowest BCUT2D eigenvalue weighted by Crippen LogP contribution is -2.42. The predicted octanol–water partition coefficient (Wildman–Crippen LogP) is 14.9. The second-order valence-electron chi connectivity index (χ2n) is 21.6. The lowest BCUT2D eigenvalue weighted by molar-refractivity contribution is -0.137. The van der Waals surface area contributed by atoms with Gasteiger partial charge in [0.25, 0.3) is 11.1 Å². The van der Waals surface area contributed by atoms with Gasteiger partial charge in [0.1, 0.15) is 24.6 Å². The van der Waals surface area contributed by atoms with Crippen molar-refractivity contribution in [1.82, 2.24) is 38.7 Å². The van der Waals surface area contributed by atoms with Crippen LogP contribution in [0.5, 0.6) is 0 Å². The molecule has 2 amide bonds. The third-order valence-corrected chi connectivity index (χ3v) is 17.2. The van der Waals surface area contributed by atoms with Gasteiger partial charge in [0.15, 0.2) is 10.3 Å². The van der Waals surface area contributed by atoms with E-state index in [1.54, 1.807) is 37.5 Å². The summed E-state index contributed by atoms with van der Waals surface area (Å²) in [7, 11) is 0. The van der Waals surface area contributed by atoms with E-state index in [4.69, 9.17) is 27.4 Å². The van der Waals surface area contributed by atoms with Crippen molar-refractivity contribution in [2.45, 2.75) is 146 Å². The number of allylic oxidation sites excluding steroid dienone is 7. The van der Waals surface area contributed by atoms with Crippen LogP contribution in [-0.4, -0.2) is 116 Å². The van der Waals surface area contributed by atoms with Gasteiger partial charge in [0.2, 0.25) is 11.8 Å². The third kappa shape index (κ3) is 19.2. The summed E-state index contributed by atoms with van der Waals surface area (Å²) in [6, 6.07) is -2.41. The first-order valence-corrected chi connectivity index (χ1v) is 32.2. The molecule has 4 aromatic carbocycles. The third-order valence-electron chi connectivity index (χ3n) is 15.2. The van der Waals surface area contributed by atoms with Crippen LogP contribution in [0.25, 0.3) is 11.1 Å². The van der Waals surface area contributed by atoms with E-state index >= 15 is 0 Å². The number of carbonyl (C=O) groups excluding carboxylic acids is 2. The summed E-state index contributed by atoms with van der Waals surface area (Å²) in [4.78, 5) is 69.0. The van der Waals surface area contributed by atoms with E-state index in [0.717, 1.165) is 30.5 Å². The smallest absolute Gasteiger partial charge is 0.336 e. The summed E-state index contributed by atoms with van der Waals surface area (Å²) in [5, 5.41) is -1.33. The molecule has 5 atom stereocenters. The summed E-state index contributed by atoms with van der Waals surface area (Å²) < 4.78 is 356. The van der Waals surface area contributed by atoms with Crippen LogP contribution in [0.2, 0.25) is 0 Å². The van der Waals surface area contributed by atoms with Crippen molar-refractivity contribution < 1.29 is 83.1 Å². The van der Waals surface area contributed by atoms with Crippen LogP contribution in [0.15, 0.2) is 163 Å². The minimum absolute atomic E-state index is 0.00469. The van der Waals surface area contributed by atoms with Crippen molar-refractivity contribution in [2.24, 2.45) is 11.8 Å². The predicted molar refractivity (Wildman–Crippen MR) is 363 cm³/mol. The van der Waals surface area contributed by atoms with Gasteiger partial charge in [-0.25, -0.2) is 8.78 Å². The van der Waals surface area contributed by atoms with Gasteiger partial charge in [-0.15, -0.1) is 0 Å². The van der Waals surface area contributed by atoms with Crippen LogP contribution in [0.3, 0.4) is 0 Å². The fraction of sp³-hybridized carbons (Fsp3) is 0.432. The van der Waals surface area contributed by atoms with E-state index in [1.165, 1.54) is 36.4 Å². The summed E-state index contributed by atoms with van der Waals surface area (Å²) in [5.74, 6) is -12.0. The first-order valence-electron chi connectivity index (χ1n) is 44.5. The molecule has 6 aromatic rings. The fourth-order valence-corrected chi connectivity index (χ4v) is 11.7. The average molecular weight is 1390 g/mol. The van der Waals surface area contributed by atoms with Gasteiger partial charge in [-0.2, -0.15) is 36.3 Å². The Morgan fingerprint density at radius 1 is 0.604 bits per heavy atom. The molecule has 512 valence electrons. The van der Waals surface area contributed by atoms with Gasteiger partial charge in [0, 0.05) is 89.7 Å². The highest BCUT2D eigenvalue weighted by atomic mass is 32.2. The topological polar surface area (TPSA) is 117 Å². The minimum atomic E-state index is -5.10. The largest absolute Gasteiger partial charge is 0.416 e. The maximum atomic E-state index is 14.9. The number of rotatable bonds is 26. The van der Waals surface area contributed by atoms with Gasteiger partial charge in [-0.1, -0.05) is 155 Å². The Bertz CT molecular complexity index is 5400. The normalized spacial score (nSPS) is 25.5. The van der Waals surface area contributed by atoms with Crippen molar-refractivity contribution in [2.75, 3.05) is 58.9 Å². The zero-order valence-corrected chi connectivity index (χ0v) is 54.3. The van der Waals surface area contributed by atoms with Crippen LogP contribution >= 0.6 is 23.5 Å². The SMILES string of the molecule is [2H]C1=C(C2=C([2H])C([2H])=C(C(F)(F)F)C(C)C2[2H])C([2H])C([2H])C(C([2H])([2H])N(CCN(CC)CC)C(=O)C([2H])([2H])n2c(SCc3c([2H])c([2H])c(F)c([2H])c3[2H])nc(=O)c3c2CCC3)=C1[2H].[2H]c1c([2H])c(CSc2nc(=O)c3c(n2C([2H])([2H])C(=O)N(CCN(CC)CC)C([2H])([2H])c2ccc(-c4ccc(C(F)(F)F)cc4)cc2)C([2H])([2H])C([2H])(C)C3([2H])[2H])c([2H])c([2H])c1F. The Morgan fingerprint density at radius 2 is 1.10 bits per heavy atom. The van der Waals surface area contributed by atoms with Crippen molar-refractivity contribution in [1.29, 1.82) is 0 Å². The van der Waals surface area contributed by atoms with Crippen LogP contribution in [0.1, 0.15) is 150 Å². The highest BCUT2D eigenvalue weighted by Gasteiger charge is 2.38. The molecule has 0 N–H and O–H groups in total. The maximum Gasteiger partial charge on any atom is 0.416 e. The molecule has 0 fully saturated rings. The maximum absolute atomic E-state index is 14.9. The van der Waals surface area contributed by atoms with Crippen molar-refractivity contribution in [3.8, 4) is 11.1 Å². The van der Waals surface area contributed by atoms with Gasteiger partial charge in [-0.05, 0) is 164 Å². The first-order chi connectivity index (χ1) is 57.1. The number of carbonyl (C=O) groups is 2. The number of amides is 2. The van der Waals surface area contributed by atoms with Crippen LogP contribution in [0, 0.1) is 23.4 Å². The van der Waals surface area contributed by atoms with E-state index in [9.17, 15) is 65.3 Å². The van der Waals surface area contributed by atoms with Crippen molar-refractivity contribution >= 4 is 35.3 Å². The Hall–Kier alpha value is -7.40. The van der Waals surface area contributed by atoms with Crippen LogP contribution < -0.4 is 11.1 Å². The number of aromatic nitrogens is 4. The molecule has 0 spiro atoms. The lowest BCUT2D eigenvalue weighted by atomic mass is 9.82. The first kappa shape index (κ1) is 43.8. The van der Waals surface area contributed by atoms with E-state index in [-0.39, 0.29) is 52.9 Å². The molecule has 4 aliphatic carbocycles. The number of likely N-dealkylation sites (N-methyl/N-ethyl adjacent to an activating group) is 2. The molecular weight excluding hydrogens is 1280 g/mol. The van der Waals surface area contributed by atoms with Crippen LogP contribution in [0.4, 0.5) is 35.1 Å². The molecule has 5 unspecified atom stereocenters. The minimum Gasteiger partial charge on any atom is -0.336 e. The molecule has 4 aliphatic rings. The quantitative estimate of drug-likeness (QED) is 0.0295. The lowest BCUT2D eigenvalue weighted by Gasteiger charge is -2.30. The Labute approximate surface area is 604 Å². The van der Waals surface area contributed by atoms with E-state index in [1.807, 2.05) is 0 Å². The molecule has 10 rings (SSSR count). The molecule has 96 heavy (non-hydrogen) atoms. The summed E-state index contributed by atoms with van der Waals surface area (Å²) >= 11 is 0.854. The molecule has 0 radical (unpaired) electrons. The summed E-state index contributed by atoms with van der Waals surface area (Å²) in [6.45, 7) is -4.07. The zero-order valence-electron chi connectivity index (χ0n) is 80.7. The van der Waals surface area contributed by atoms with E-state index < -0.39 is 269 Å². The van der Waals surface area contributed by atoms with Gasteiger partial charge < -0.3 is 28.7 Å². The molecule has 0 bridgehead atoms. The number of fused-ring (bicyclic) bond motifs is 2. The average Bonchev–Trinajstić information content (AvgIpc) is 1.51. The van der Waals surface area contributed by atoms with Crippen molar-refractivity contribution in [3.63, 3.8) is 0 Å². The Morgan fingerprint density at radius 3 is 1.62 bits per heavy atom. The standard InChI is InChI=1S/C37H40F4N4O2S.C37H44F4N4O2S/c1-4-43(5-2)18-19-44(22-26-6-10-28(11-7-26)29-12-14-30(15-13-29)37(39,40)41)34(46)23-45-33-21-25(3)20-32(33)35(47)42-36(45)48-24-27-8-16-31(38)17-9-27;1-4-43(5-2)19-20-44(22-26-9-13-28(14-10-26)29-15-18-32(25(3)21-29)37(39,40)41)34(46)23-45-33-8-6-7-31(33)35(47)42-36(45)48-24-27-11-16-30(38)17-12-27/h6-17,25H,4-5,18-24H2,1-3H3;9,11-13,15-18,25H,4-8,10,14,19-24H2,1-3H3/i8D,9D,16D,17D,20D2,21D2,22D2,23D2,25D;9D,10D,11D,12D,13D,14D,15D,16D,17D,18D,21D,22D2,23D2. The summed E-state index contributed by atoms with van der Waals surface area (Å²) in [6.07, 6.45) is -21.9. The second kappa shape index (κ2) is 33.2. The molecule has 12 nitrogen and oxygen atoms in total. The van der Waals surface area contributed by atoms with E-state index in [2.05, 4.69) is 9.97 Å². The number of alkyl halides is 6. The molecule has 22 heteroatoms. The number of nitrogens with zero attached hydrogens (tertiary/aromatic N) is 8. The number of thioether (sulfide) groups is 2. The highest BCUT2D eigenvalue weighted by molar-refractivity contribution is 7.98. The Balaban J connectivity index is 0.000000281. The van der Waals surface area contributed by atoms with Crippen molar-refractivity contribution in [3.05, 3.63) is 220 Å². The van der Waals surface area contributed by atoms with Gasteiger partial charge in [-0.3, -0.25) is 19.2 Å². The number of hydrogen-bond acceptors (Lipinski definition) is 10. The van der Waals surface area contributed by atoms with Gasteiger partial charge >= 0.3 is 12.4 Å². The van der Waals surface area contributed by atoms with Crippen LogP contribution in [-0.2, 0) is 72.3 Å². The monoisotopic (exact) mass is 1390 g/mol. The number of hydrogen-bond donors (Lipinski definition) is 0. The zero-order chi connectivity index (χ0) is 93.6. The number of benzene rings is 4. The molecule has 2 aromatic heterocycles.